The van der Waals surface area contributed by atoms with Crippen LogP contribution in [0.3, 0.4) is 0 Å². The summed E-state index contributed by atoms with van der Waals surface area (Å²) in [6, 6.07) is 6.23. The number of anilines is 1. The fraction of sp³-hybridized carbons (Fsp3) is 0.214. The normalized spacial score (nSPS) is 14.2. The Morgan fingerprint density at radius 2 is 2.14 bits per heavy atom. The summed E-state index contributed by atoms with van der Waals surface area (Å²) in [6.45, 7) is 0. The van der Waals surface area contributed by atoms with Gasteiger partial charge in [0.05, 0.1) is 10.5 Å². The van der Waals surface area contributed by atoms with Crippen molar-refractivity contribution in [3.8, 4) is 0 Å². The number of hydrogen-bond donors (Lipinski definition) is 1. The fourth-order valence-corrected chi connectivity index (χ4v) is 2.80. The Morgan fingerprint density at radius 1 is 1.36 bits per heavy atom. The van der Waals surface area contributed by atoms with Gasteiger partial charge in [-0.1, -0.05) is 23.5 Å². The summed E-state index contributed by atoms with van der Waals surface area (Å²) in [6.07, 6.45) is 4.91. The zero-order valence-corrected chi connectivity index (χ0v) is 12.2. The number of hydrogen-bond acceptors (Lipinski definition) is 6. The Balaban J connectivity index is 1.66. The van der Waals surface area contributed by atoms with E-state index in [1.54, 1.807) is 18.2 Å². The van der Waals surface area contributed by atoms with E-state index >= 15 is 0 Å². The van der Waals surface area contributed by atoms with Gasteiger partial charge in [0.2, 0.25) is 11.0 Å². The van der Waals surface area contributed by atoms with Crippen LogP contribution in [0, 0.1) is 10.1 Å². The molecule has 0 unspecified atom stereocenters. The zero-order valence-electron chi connectivity index (χ0n) is 11.4. The van der Waals surface area contributed by atoms with Gasteiger partial charge in [-0.2, -0.15) is 0 Å². The zero-order chi connectivity index (χ0) is 15.5. The number of nitro benzene ring substituents is 1. The molecular weight excluding hydrogens is 304 g/mol. The van der Waals surface area contributed by atoms with Crippen LogP contribution in [0.4, 0.5) is 10.8 Å². The van der Waals surface area contributed by atoms with Crippen LogP contribution in [0.1, 0.15) is 29.3 Å². The fourth-order valence-electron chi connectivity index (χ4n) is 1.89. The molecule has 1 amide bonds. The number of para-hydroxylation sites is 1. The highest BCUT2D eigenvalue weighted by Crippen LogP contribution is 2.42. The lowest BCUT2D eigenvalue weighted by Gasteiger charge is -1.97. The maximum absolute atomic E-state index is 11.8. The molecule has 7 nitrogen and oxygen atoms in total. The first kappa shape index (κ1) is 14.3. The maximum atomic E-state index is 11.8. The number of nitrogens with zero attached hydrogens (tertiary/aromatic N) is 3. The Morgan fingerprint density at radius 3 is 2.86 bits per heavy atom. The second-order valence-electron chi connectivity index (χ2n) is 4.86. The minimum absolute atomic E-state index is 0.0431. The Labute approximate surface area is 129 Å². The van der Waals surface area contributed by atoms with Crippen molar-refractivity contribution >= 4 is 34.1 Å². The molecule has 3 rings (SSSR count). The van der Waals surface area contributed by atoms with E-state index in [0.29, 0.717) is 16.6 Å². The summed E-state index contributed by atoms with van der Waals surface area (Å²) >= 11 is 1.37. The van der Waals surface area contributed by atoms with Gasteiger partial charge >= 0.3 is 0 Å². The SMILES string of the molecule is O=C(C=Cc1ccccc1[N+](=O)[O-])Nc1nnc(C2CC2)s1. The maximum Gasteiger partial charge on any atom is 0.276 e. The topological polar surface area (TPSA) is 98.0 Å². The van der Waals surface area contributed by atoms with Gasteiger partial charge in [-0.25, -0.2) is 0 Å². The lowest BCUT2D eigenvalue weighted by molar-refractivity contribution is -0.385. The Kier molecular flexibility index (Phi) is 3.92. The number of benzene rings is 1. The first-order valence-corrected chi connectivity index (χ1v) is 7.51. The molecule has 1 fully saturated rings. The minimum Gasteiger partial charge on any atom is -0.297 e. The van der Waals surface area contributed by atoms with Crippen LogP contribution in [-0.2, 0) is 4.79 Å². The molecule has 1 aliphatic rings. The molecule has 1 heterocycles. The standard InChI is InChI=1S/C14H12N4O3S/c19-12(15-14-17-16-13(22-14)10-5-6-10)8-7-9-3-1-2-4-11(9)18(20)21/h1-4,7-8,10H,5-6H2,(H,15,17,19). The molecule has 1 aliphatic carbocycles. The first-order valence-electron chi connectivity index (χ1n) is 6.69. The van der Waals surface area contributed by atoms with Crippen LogP contribution in [0.25, 0.3) is 6.08 Å². The van der Waals surface area contributed by atoms with Gasteiger partial charge in [0.1, 0.15) is 5.01 Å². The quantitative estimate of drug-likeness (QED) is 0.519. The van der Waals surface area contributed by atoms with Crippen molar-refractivity contribution in [1.82, 2.24) is 10.2 Å². The van der Waals surface area contributed by atoms with E-state index in [-0.39, 0.29) is 5.69 Å². The molecule has 0 atom stereocenters. The molecule has 1 N–H and O–H groups in total. The lowest BCUT2D eigenvalue weighted by atomic mass is 10.1. The second kappa shape index (κ2) is 6.02. The third kappa shape index (κ3) is 3.34. The van der Waals surface area contributed by atoms with E-state index in [2.05, 4.69) is 15.5 Å². The van der Waals surface area contributed by atoms with Gasteiger partial charge in [-0.15, -0.1) is 10.2 Å². The molecular formula is C14H12N4O3S. The molecule has 8 heteroatoms. The van der Waals surface area contributed by atoms with E-state index in [9.17, 15) is 14.9 Å². The molecule has 0 spiro atoms. The lowest BCUT2D eigenvalue weighted by Crippen LogP contribution is -2.07. The highest BCUT2D eigenvalue weighted by Gasteiger charge is 2.27. The number of nitro groups is 1. The van der Waals surface area contributed by atoms with Crippen LogP contribution in [0.2, 0.25) is 0 Å². The molecule has 1 aromatic heterocycles. The van der Waals surface area contributed by atoms with E-state index in [4.69, 9.17) is 0 Å². The number of aromatic nitrogens is 2. The van der Waals surface area contributed by atoms with E-state index in [1.807, 2.05) is 0 Å². The summed E-state index contributed by atoms with van der Waals surface area (Å²) in [7, 11) is 0. The summed E-state index contributed by atoms with van der Waals surface area (Å²) in [5, 5.41) is 22.8. The molecule has 112 valence electrons. The summed E-state index contributed by atoms with van der Waals surface area (Å²) in [5.41, 5.74) is 0.331. The molecule has 22 heavy (non-hydrogen) atoms. The van der Waals surface area contributed by atoms with Gasteiger partial charge in [-0.05, 0) is 25.0 Å². The van der Waals surface area contributed by atoms with E-state index in [1.165, 1.54) is 29.6 Å². The number of amides is 1. The molecule has 2 aromatic rings. The Bertz CT molecular complexity index is 752. The van der Waals surface area contributed by atoms with Gasteiger partial charge in [-0.3, -0.25) is 20.2 Å². The summed E-state index contributed by atoms with van der Waals surface area (Å²) in [4.78, 5) is 22.2. The van der Waals surface area contributed by atoms with Crippen LogP contribution in [0.5, 0.6) is 0 Å². The Hall–Kier alpha value is -2.61. The number of carbonyl (C=O) groups excluding carboxylic acids is 1. The molecule has 0 saturated heterocycles. The molecule has 0 bridgehead atoms. The van der Waals surface area contributed by atoms with Crippen molar-refractivity contribution in [2.75, 3.05) is 5.32 Å². The van der Waals surface area contributed by atoms with Crippen molar-refractivity contribution < 1.29 is 9.72 Å². The number of rotatable bonds is 5. The second-order valence-corrected chi connectivity index (χ2v) is 5.87. The van der Waals surface area contributed by atoms with Crippen molar-refractivity contribution in [1.29, 1.82) is 0 Å². The predicted octanol–water partition coefficient (Wildman–Crippen LogP) is 2.98. The van der Waals surface area contributed by atoms with E-state index < -0.39 is 10.8 Å². The average Bonchev–Trinajstić information content (AvgIpc) is 3.26. The minimum atomic E-state index is -0.482. The number of carbonyl (C=O) groups is 1. The highest BCUT2D eigenvalue weighted by molar-refractivity contribution is 7.15. The first-order chi connectivity index (χ1) is 10.6. The average molecular weight is 316 g/mol. The molecule has 1 aromatic carbocycles. The molecule has 0 aliphatic heterocycles. The highest BCUT2D eigenvalue weighted by atomic mass is 32.1. The van der Waals surface area contributed by atoms with Gasteiger partial charge in [0.25, 0.3) is 5.69 Å². The van der Waals surface area contributed by atoms with Crippen LogP contribution in [-0.4, -0.2) is 21.0 Å². The molecule has 1 saturated carbocycles. The van der Waals surface area contributed by atoms with Crippen molar-refractivity contribution in [3.63, 3.8) is 0 Å². The third-order valence-electron chi connectivity index (χ3n) is 3.15. The molecule has 0 radical (unpaired) electrons. The third-order valence-corrected chi connectivity index (χ3v) is 4.15. The summed E-state index contributed by atoms with van der Waals surface area (Å²) < 4.78 is 0. The predicted molar refractivity (Wildman–Crippen MR) is 82.6 cm³/mol. The monoisotopic (exact) mass is 316 g/mol. The van der Waals surface area contributed by atoms with Crippen LogP contribution >= 0.6 is 11.3 Å². The van der Waals surface area contributed by atoms with Gasteiger partial charge in [0.15, 0.2) is 0 Å². The largest absolute Gasteiger partial charge is 0.297 e. The van der Waals surface area contributed by atoms with Crippen molar-refractivity contribution in [2.24, 2.45) is 0 Å². The van der Waals surface area contributed by atoms with Crippen molar-refractivity contribution in [2.45, 2.75) is 18.8 Å². The van der Waals surface area contributed by atoms with Crippen LogP contribution < -0.4 is 5.32 Å². The smallest absolute Gasteiger partial charge is 0.276 e. The van der Waals surface area contributed by atoms with E-state index in [0.717, 1.165) is 17.8 Å². The van der Waals surface area contributed by atoms with Gasteiger partial charge in [0, 0.05) is 18.1 Å². The van der Waals surface area contributed by atoms with Crippen LogP contribution in [0.15, 0.2) is 30.3 Å². The number of nitrogens with one attached hydrogen (secondary N) is 1. The van der Waals surface area contributed by atoms with Gasteiger partial charge < -0.3 is 0 Å². The van der Waals surface area contributed by atoms with Crippen molar-refractivity contribution in [3.05, 3.63) is 51.0 Å². The summed E-state index contributed by atoms with van der Waals surface area (Å²) in [5.74, 6) is 0.0994.